The summed E-state index contributed by atoms with van der Waals surface area (Å²) in [5.41, 5.74) is 1.59. The Morgan fingerprint density at radius 2 is 1.73 bits per heavy atom. The molecule has 178 valence electrons. The Kier molecular flexibility index (Phi) is 6.76. The van der Waals surface area contributed by atoms with Crippen molar-refractivity contribution in [2.75, 3.05) is 24.3 Å². The average molecular weight is 462 g/mol. The van der Waals surface area contributed by atoms with Crippen molar-refractivity contribution in [2.45, 2.75) is 69.6 Å². The van der Waals surface area contributed by atoms with Crippen LogP contribution in [0.1, 0.15) is 65.7 Å². The van der Waals surface area contributed by atoms with Crippen LogP contribution in [0, 0.1) is 0 Å². The maximum atomic E-state index is 12.9. The van der Waals surface area contributed by atoms with E-state index in [9.17, 15) is 18.0 Å². The van der Waals surface area contributed by atoms with E-state index in [1.807, 2.05) is 19.0 Å². The van der Waals surface area contributed by atoms with Crippen molar-refractivity contribution in [3.63, 3.8) is 0 Å². The number of hydrogen-bond donors (Lipinski definition) is 2. The molecule has 33 heavy (non-hydrogen) atoms. The van der Waals surface area contributed by atoms with E-state index in [2.05, 4.69) is 10.6 Å². The molecule has 2 N–H and O–H groups in total. The van der Waals surface area contributed by atoms with Gasteiger partial charge in [-0.25, -0.2) is 4.98 Å². The number of hydrogen-bond acceptors (Lipinski definition) is 5. The van der Waals surface area contributed by atoms with E-state index in [-0.39, 0.29) is 17.6 Å². The lowest BCUT2D eigenvalue weighted by molar-refractivity contribution is -0.137. The van der Waals surface area contributed by atoms with Crippen molar-refractivity contribution < 1.29 is 18.0 Å². The lowest BCUT2D eigenvalue weighted by atomic mass is 9.91. The molecular weight excluding hydrogens is 431 g/mol. The maximum absolute atomic E-state index is 12.9. The SMILES string of the molecule is CN(C)c1nc(N[C@H]2CC[C@@H](NC(=O)c3cccc(C(F)(F)F)c3)CC2)nc2c1CCCC2. The van der Waals surface area contributed by atoms with Gasteiger partial charge in [-0.3, -0.25) is 4.79 Å². The van der Waals surface area contributed by atoms with E-state index < -0.39 is 17.6 Å². The Morgan fingerprint density at radius 3 is 2.42 bits per heavy atom. The van der Waals surface area contributed by atoms with Crippen LogP contribution in [0.2, 0.25) is 0 Å². The molecule has 2 aliphatic rings. The first-order valence-corrected chi connectivity index (χ1v) is 11.5. The van der Waals surface area contributed by atoms with Gasteiger partial charge in [-0.15, -0.1) is 0 Å². The zero-order valence-corrected chi connectivity index (χ0v) is 19.0. The van der Waals surface area contributed by atoms with Gasteiger partial charge in [-0.05, 0) is 69.6 Å². The van der Waals surface area contributed by atoms with Crippen LogP contribution in [0.4, 0.5) is 24.9 Å². The summed E-state index contributed by atoms with van der Waals surface area (Å²) in [4.78, 5) is 24.1. The van der Waals surface area contributed by atoms with Crippen LogP contribution in [-0.4, -0.2) is 42.1 Å². The number of anilines is 2. The van der Waals surface area contributed by atoms with Crippen molar-refractivity contribution in [1.29, 1.82) is 0 Å². The van der Waals surface area contributed by atoms with Gasteiger partial charge in [0, 0.05) is 37.3 Å². The molecule has 1 heterocycles. The molecule has 4 rings (SSSR count). The number of aromatic nitrogens is 2. The van der Waals surface area contributed by atoms with E-state index in [0.717, 1.165) is 68.6 Å². The first-order valence-electron chi connectivity index (χ1n) is 11.5. The van der Waals surface area contributed by atoms with Crippen molar-refractivity contribution >= 4 is 17.7 Å². The molecule has 2 aromatic rings. The van der Waals surface area contributed by atoms with E-state index in [1.165, 1.54) is 24.1 Å². The van der Waals surface area contributed by atoms with Gasteiger partial charge in [0.05, 0.1) is 11.3 Å². The molecule has 2 aliphatic carbocycles. The van der Waals surface area contributed by atoms with Crippen LogP contribution >= 0.6 is 0 Å². The summed E-state index contributed by atoms with van der Waals surface area (Å²) in [6.45, 7) is 0. The summed E-state index contributed by atoms with van der Waals surface area (Å²) in [6.07, 6.45) is 2.97. The minimum Gasteiger partial charge on any atom is -0.362 e. The minimum absolute atomic E-state index is 0.0312. The molecule has 1 aromatic carbocycles. The lowest BCUT2D eigenvalue weighted by Crippen LogP contribution is -2.40. The molecule has 0 aliphatic heterocycles. The van der Waals surface area contributed by atoms with E-state index in [4.69, 9.17) is 9.97 Å². The van der Waals surface area contributed by atoms with Crippen molar-refractivity contribution in [3.8, 4) is 0 Å². The summed E-state index contributed by atoms with van der Waals surface area (Å²) in [5.74, 6) is 1.16. The standard InChI is InChI=1S/C24H30F3N5O/c1-32(2)21-19-8-3-4-9-20(19)30-23(31-21)29-18-12-10-17(11-13-18)28-22(33)15-6-5-7-16(14-15)24(25,26)27/h5-7,14,17-18H,3-4,8-13H2,1-2H3,(H,28,33)(H,29,30,31)/t17-,18+. The third-order valence-corrected chi connectivity index (χ3v) is 6.43. The number of benzene rings is 1. The highest BCUT2D eigenvalue weighted by Crippen LogP contribution is 2.31. The number of fused-ring (bicyclic) bond motifs is 1. The molecule has 6 nitrogen and oxygen atoms in total. The Bertz CT molecular complexity index is 1000. The van der Waals surface area contributed by atoms with Crippen LogP contribution < -0.4 is 15.5 Å². The number of nitrogens with one attached hydrogen (secondary N) is 2. The van der Waals surface area contributed by atoms with E-state index >= 15 is 0 Å². The number of carbonyl (C=O) groups excluding carboxylic acids is 1. The molecule has 0 atom stereocenters. The highest BCUT2D eigenvalue weighted by atomic mass is 19.4. The molecular formula is C24H30F3N5O. The number of nitrogens with zero attached hydrogens (tertiary/aromatic N) is 3. The number of halogens is 3. The van der Waals surface area contributed by atoms with Gasteiger partial charge in [0.2, 0.25) is 5.95 Å². The zero-order chi connectivity index (χ0) is 23.6. The number of alkyl halides is 3. The molecule has 0 radical (unpaired) electrons. The normalized spacial score (nSPS) is 20.6. The third-order valence-electron chi connectivity index (χ3n) is 6.43. The second-order valence-corrected chi connectivity index (χ2v) is 9.14. The monoisotopic (exact) mass is 461 g/mol. The second-order valence-electron chi connectivity index (χ2n) is 9.14. The highest BCUT2D eigenvalue weighted by Gasteiger charge is 2.31. The van der Waals surface area contributed by atoms with Crippen LogP contribution in [0.5, 0.6) is 0 Å². The predicted octanol–water partition coefficient (Wildman–Crippen LogP) is 4.59. The number of rotatable bonds is 5. The van der Waals surface area contributed by atoms with Gasteiger partial charge in [0.15, 0.2) is 0 Å². The van der Waals surface area contributed by atoms with E-state index in [0.29, 0.717) is 5.95 Å². The first-order chi connectivity index (χ1) is 15.7. The second kappa shape index (κ2) is 9.57. The number of carbonyl (C=O) groups is 1. The quantitative estimate of drug-likeness (QED) is 0.682. The Labute approximate surface area is 192 Å². The summed E-state index contributed by atoms with van der Waals surface area (Å²) in [6, 6.07) is 4.68. The molecule has 1 amide bonds. The average Bonchev–Trinajstić information content (AvgIpc) is 2.79. The van der Waals surface area contributed by atoms with Crippen LogP contribution in [0.25, 0.3) is 0 Å². The minimum atomic E-state index is -4.47. The van der Waals surface area contributed by atoms with Gasteiger partial charge in [0.1, 0.15) is 5.82 Å². The molecule has 0 bridgehead atoms. The fourth-order valence-electron chi connectivity index (χ4n) is 4.68. The van der Waals surface area contributed by atoms with E-state index in [1.54, 1.807) is 0 Å². The predicted molar refractivity (Wildman–Crippen MR) is 122 cm³/mol. The topological polar surface area (TPSA) is 70.2 Å². The van der Waals surface area contributed by atoms with Gasteiger partial charge in [-0.2, -0.15) is 18.2 Å². The molecule has 0 saturated heterocycles. The van der Waals surface area contributed by atoms with Crippen LogP contribution in [0.3, 0.4) is 0 Å². The molecule has 9 heteroatoms. The Hall–Kier alpha value is -2.84. The fourth-order valence-corrected chi connectivity index (χ4v) is 4.68. The molecule has 1 saturated carbocycles. The van der Waals surface area contributed by atoms with Crippen molar-refractivity contribution in [2.24, 2.45) is 0 Å². The van der Waals surface area contributed by atoms with Crippen LogP contribution in [-0.2, 0) is 19.0 Å². The zero-order valence-electron chi connectivity index (χ0n) is 19.0. The smallest absolute Gasteiger partial charge is 0.362 e. The summed E-state index contributed by atoms with van der Waals surface area (Å²) in [7, 11) is 4.00. The summed E-state index contributed by atoms with van der Waals surface area (Å²) >= 11 is 0. The van der Waals surface area contributed by atoms with Gasteiger partial charge in [-0.1, -0.05) is 6.07 Å². The summed E-state index contributed by atoms with van der Waals surface area (Å²) in [5, 5.41) is 6.36. The van der Waals surface area contributed by atoms with Gasteiger partial charge in [0.25, 0.3) is 5.91 Å². The molecule has 0 unspecified atom stereocenters. The first kappa shape index (κ1) is 23.3. The van der Waals surface area contributed by atoms with Crippen molar-refractivity contribution in [3.05, 3.63) is 46.6 Å². The van der Waals surface area contributed by atoms with Gasteiger partial charge < -0.3 is 15.5 Å². The van der Waals surface area contributed by atoms with Crippen LogP contribution in [0.15, 0.2) is 24.3 Å². The van der Waals surface area contributed by atoms with Gasteiger partial charge >= 0.3 is 6.18 Å². The molecule has 0 spiro atoms. The third kappa shape index (κ3) is 5.57. The lowest BCUT2D eigenvalue weighted by Gasteiger charge is -2.30. The Morgan fingerprint density at radius 1 is 1.03 bits per heavy atom. The fraction of sp³-hybridized carbons (Fsp3) is 0.542. The maximum Gasteiger partial charge on any atom is 0.416 e. The largest absolute Gasteiger partial charge is 0.416 e. The summed E-state index contributed by atoms with van der Waals surface area (Å²) < 4.78 is 38.8. The van der Waals surface area contributed by atoms with Crippen molar-refractivity contribution in [1.82, 2.24) is 15.3 Å². The number of aryl methyl sites for hydroxylation is 1. The molecule has 1 fully saturated rings. The Balaban J connectivity index is 1.34. The number of amides is 1. The molecule has 1 aromatic heterocycles. The highest BCUT2D eigenvalue weighted by molar-refractivity contribution is 5.94.